The van der Waals surface area contributed by atoms with Gasteiger partial charge in [0.15, 0.2) is 5.82 Å². The van der Waals surface area contributed by atoms with E-state index in [-0.39, 0.29) is 5.56 Å². The number of halogens is 3. The number of H-pyrrole nitrogens is 1. The van der Waals surface area contributed by atoms with Gasteiger partial charge in [-0.05, 0) is 47.4 Å². The van der Waals surface area contributed by atoms with Gasteiger partial charge < -0.3 is 4.90 Å². The van der Waals surface area contributed by atoms with Crippen LogP contribution in [0, 0.1) is 17.7 Å². The molecular weight excluding hydrogens is 467 g/mol. The van der Waals surface area contributed by atoms with Gasteiger partial charge in [0.05, 0.1) is 6.20 Å². The Balaban J connectivity index is 1.25. The van der Waals surface area contributed by atoms with Crippen molar-refractivity contribution in [2.24, 2.45) is 0 Å². The van der Waals surface area contributed by atoms with Crippen LogP contribution in [0.5, 0.6) is 0 Å². The SMILES string of the molecule is Fc1cc(C#Cc2ccnc(-c3ccnc(N4Cc5ccc(C(F)F)cc5C4)n3)n2)cc2cn[nH]c12. The number of aromatic nitrogens is 6. The highest BCUT2D eigenvalue weighted by molar-refractivity contribution is 5.80. The first kappa shape index (κ1) is 21.7. The predicted octanol–water partition coefficient (Wildman–Crippen LogP) is 4.81. The van der Waals surface area contributed by atoms with Gasteiger partial charge in [0, 0.05) is 42.0 Å². The summed E-state index contributed by atoms with van der Waals surface area (Å²) < 4.78 is 40.3. The minimum atomic E-state index is -2.51. The first-order valence-electron chi connectivity index (χ1n) is 11.0. The Morgan fingerprint density at radius 2 is 1.78 bits per heavy atom. The minimum absolute atomic E-state index is 0.00372. The van der Waals surface area contributed by atoms with Crippen LogP contribution >= 0.6 is 0 Å². The molecule has 176 valence electrons. The number of anilines is 1. The van der Waals surface area contributed by atoms with Crippen LogP contribution in [0.3, 0.4) is 0 Å². The highest BCUT2D eigenvalue weighted by Crippen LogP contribution is 2.30. The normalized spacial score (nSPS) is 12.6. The smallest absolute Gasteiger partial charge is 0.263 e. The van der Waals surface area contributed by atoms with Gasteiger partial charge >= 0.3 is 0 Å². The summed E-state index contributed by atoms with van der Waals surface area (Å²) in [5, 5.41) is 7.09. The molecule has 0 fully saturated rings. The molecule has 5 aromatic rings. The van der Waals surface area contributed by atoms with Gasteiger partial charge in [0.1, 0.15) is 22.7 Å². The first-order valence-corrected chi connectivity index (χ1v) is 11.0. The molecule has 6 rings (SSSR count). The van der Waals surface area contributed by atoms with Gasteiger partial charge in [-0.2, -0.15) is 5.10 Å². The Bertz CT molecular complexity index is 1670. The molecule has 1 N–H and O–H groups in total. The number of benzene rings is 2. The zero-order valence-electron chi connectivity index (χ0n) is 18.6. The van der Waals surface area contributed by atoms with Crippen molar-refractivity contribution >= 4 is 16.9 Å². The van der Waals surface area contributed by atoms with Gasteiger partial charge in [-0.1, -0.05) is 18.1 Å². The first-order chi connectivity index (χ1) is 17.5. The summed E-state index contributed by atoms with van der Waals surface area (Å²) in [6, 6.07) is 11.1. The van der Waals surface area contributed by atoms with Crippen LogP contribution in [0.25, 0.3) is 22.4 Å². The summed E-state index contributed by atoms with van der Waals surface area (Å²) in [4.78, 5) is 19.7. The fraction of sp³-hybridized carbons (Fsp3) is 0.115. The fourth-order valence-corrected chi connectivity index (χ4v) is 4.09. The average Bonchev–Trinajstić information content (AvgIpc) is 3.55. The molecule has 7 nitrogen and oxygen atoms in total. The van der Waals surface area contributed by atoms with Crippen molar-refractivity contribution in [3.8, 4) is 23.4 Å². The fourth-order valence-electron chi connectivity index (χ4n) is 4.09. The average molecular weight is 483 g/mol. The maximum absolute atomic E-state index is 14.2. The molecule has 10 heteroatoms. The van der Waals surface area contributed by atoms with E-state index in [9.17, 15) is 13.2 Å². The second kappa shape index (κ2) is 8.78. The Morgan fingerprint density at radius 3 is 2.67 bits per heavy atom. The third-order valence-corrected chi connectivity index (χ3v) is 5.85. The van der Waals surface area contributed by atoms with Crippen LogP contribution in [0.15, 0.2) is 61.1 Å². The number of nitrogens with zero attached hydrogens (tertiary/aromatic N) is 6. The molecule has 2 aromatic carbocycles. The van der Waals surface area contributed by atoms with E-state index < -0.39 is 12.2 Å². The maximum Gasteiger partial charge on any atom is 0.263 e. The maximum atomic E-state index is 14.2. The highest BCUT2D eigenvalue weighted by atomic mass is 19.3. The van der Waals surface area contributed by atoms with Crippen molar-refractivity contribution in [1.29, 1.82) is 0 Å². The topological polar surface area (TPSA) is 83.5 Å². The summed E-state index contributed by atoms with van der Waals surface area (Å²) in [5.74, 6) is 6.24. The summed E-state index contributed by atoms with van der Waals surface area (Å²) >= 11 is 0. The molecule has 0 aliphatic carbocycles. The molecule has 4 heterocycles. The summed E-state index contributed by atoms with van der Waals surface area (Å²) in [5.41, 5.74) is 3.57. The molecule has 0 unspecified atom stereocenters. The van der Waals surface area contributed by atoms with Crippen molar-refractivity contribution < 1.29 is 13.2 Å². The number of rotatable bonds is 3. The zero-order chi connectivity index (χ0) is 24.6. The molecule has 3 aromatic heterocycles. The third kappa shape index (κ3) is 4.11. The Labute approximate surface area is 203 Å². The lowest BCUT2D eigenvalue weighted by atomic mass is 10.1. The Morgan fingerprint density at radius 1 is 0.917 bits per heavy atom. The molecule has 0 amide bonds. The van der Waals surface area contributed by atoms with Crippen LogP contribution < -0.4 is 4.90 Å². The summed E-state index contributed by atoms with van der Waals surface area (Å²) in [7, 11) is 0. The third-order valence-electron chi connectivity index (χ3n) is 5.85. The van der Waals surface area contributed by atoms with E-state index >= 15 is 0 Å². The highest BCUT2D eigenvalue weighted by Gasteiger charge is 2.23. The summed E-state index contributed by atoms with van der Waals surface area (Å²) in [6.45, 7) is 0.954. The van der Waals surface area contributed by atoms with E-state index in [1.807, 2.05) is 4.90 Å². The van der Waals surface area contributed by atoms with E-state index in [0.717, 1.165) is 11.1 Å². The van der Waals surface area contributed by atoms with Gasteiger partial charge in [0.25, 0.3) is 6.43 Å². The van der Waals surface area contributed by atoms with Crippen LogP contribution in [-0.4, -0.2) is 30.1 Å². The number of aromatic amines is 1. The molecule has 0 saturated heterocycles. The van der Waals surface area contributed by atoms with E-state index in [1.54, 1.807) is 36.7 Å². The molecule has 0 spiro atoms. The predicted molar refractivity (Wildman–Crippen MR) is 126 cm³/mol. The van der Waals surface area contributed by atoms with Crippen LogP contribution in [-0.2, 0) is 13.1 Å². The number of alkyl halides is 2. The molecule has 0 bridgehead atoms. The Hall–Kier alpha value is -4.78. The molecule has 36 heavy (non-hydrogen) atoms. The van der Waals surface area contributed by atoms with E-state index in [1.165, 1.54) is 24.4 Å². The van der Waals surface area contributed by atoms with Gasteiger partial charge in [-0.15, -0.1) is 0 Å². The standard InChI is InChI=1S/C26H16F3N7/c27-21-10-15(9-18-12-32-35-23(18)21)1-4-20-5-7-30-25(33-20)22-6-8-31-26(34-22)36-13-17-3-2-16(24(28)29)11-19(17)14-36/h2-3,5-12,24H,13-14H2,(H,32,35). The number of hydrogen-bond donors (Lipinski definition) is 1. The number of nitrogens with one attached hydrogen (secondary N) is 1. The molecule has 0 radical (unpaired) electrons. The van der Waals surface area contributed by atoms with Crippen LogP contribution in [0.4, 0.5) is 19.1 Å². The van der Waals surface area contributed by atoms with Crippen molar-refractivity contribution in [3.05, 3.63) is 94.8 Å². The Kier molecular flexibility index (Phi) is 5.30. The minimum Gasteiger partial charge on any atom is -0.332 e. The van der Waals surface area contributed by atoms with Crippen molar-refractivity contribution in [3.63, 3.8) is 0 Å². The molecular formula is C26H16F3N7. The largest absolute Gasteiger partial charge is 0.332 e. The van der Waals surface area contributed by atoms with Crippen molar-refractivity contribution in [2.45, 2.75) is 19.5 Å². The number of fused-ring (bicyclic) bond motifs is 2. The lowest BCUT2D eigenvalue weighted by molar-refractivity contribution is 0.151. The second-order valence-electron chi connectivity index (χ2n) is 8.23. The van der Waals surface area contributed by atoms with Crippen molar-refractivity contribution in [1.82, 2.24) is 30.1 Å². The second-order valence-corrected chi connectivity index (χ2v) is 8.23. The quantitative estimate of drug-likeness (QED) is 0.371. The molecule has 0 atom stereocenters. The van der Waals surface area contributed by atoms with E-state index in [2.05, 4.69) is 42.0 Å². The lowest BCUT2D eigenvalue weighted by Gasteiger charge is -2.15. The van der Waals surface area contributed by atoms with Crippen LogP contribution in [0.1, 0.15) is 34.4 Å². The zero-order valence-corrected chi connectivity index (χ0v) is 18.6. The van der Waals surface area contributed by atoms with Gasteiger partial charge in [-0.25, -0.2) is 33.1 Å². The van der Waals surface area contributed by atoms with Gasteiger partial charge in [-0.3, -0.25) is 5.10 Å². The lowest BCUT2D eigenvalue weighted by Crippen LogP contribution is -2.17. The molecule has 0 saturated carbocycles. The summed E-state index contributed by atoms with van der Waals surface area (Å²) in [6.07, 6.45) is 2.21. The molecule has 1 aliphatic rings. The number of hydrogen-bond acceptors (Lipinski definition) is 6. The van der Waals surface area contributed by atoms with Crippen LogP contribution in [0.2, 0.25) is 0 Å². The van der Waals surface area contributed by atoms with Crippen molar-refractivity contribution in [2.75, 3.05) is 4.90 Å². The van der Waals surface area contributed by atoms with E-state index in [4.69, 9.17) is 0 Å². The molecule has 1 aliphatic heterocycles. The van der Waals surface area contributed by atoms with Gasteiger partial charge in [0.2, 0.25) is 5.95 Å². The monoisotopic (exact) mass is 483 g/mol. The van der Waals surface area contributed by atoms with E-state index in [0.29, 0.717) is 52.7 Å².